The Kier molecular flexibility index (Phi) is 19.9. The third-order valence-electron chi connectivity index (χ3n) is 4.63. The molecule has 0 fully saturated rings. The Labute approximate surface area is 151 Å². The van der Waals surface area contributed by atoms with Crippen molar-refractivity contribution in [1.82, 2.24) is 0 Å². The van der Waals surface area contributed by atoms with Crippen LogP contribution in [-0.4, -0.2) is 12.3 Å². The summed E-state index contributed by atoms with van der Waals surface area (Å²) in [6.45, 7) is 2.98. The molecule has 0 radical (unpaired) electrons. The minimum absolute atomic E-state index is 0.432. The zero-order chi connectivity index (χ0) is 17.7. The Bertz CT molecular complexity index is 286. The molecule has 0 aromatic heterocycles. The van der Waals surface area contributed by atoms with Gasteiger partial charge in [-0.05, 0) is 51.5 Å². The number of allylic oxidation sites excluding steroid dienone is 2. The summed E-state index contributed by atoms with van der Waals surface area (Å²) in [6.07, 6.45) is 25.2. The van der Waals surface area contributed by atoms with E-state index in [1.165, 1.54) is 77.0 Å². The molecular weight excluding hydrogens is 294 g/mol. The first-order valence-corrected chi connectivity index (χ1v) is 10.7. The van der Waals surface area contributed by atoms with Crippen molar-refractivity contribution in [2.45, 2.75) is 116 Å². The molecule has 0 rings (SSSR count). The molecule has 24 heavy (non-hydrogen) atoms. The summed E-state index contributed by atoms with van der Waals surface area (Å²) in [5.41, 5.74) is 5.43. The zero-order valence-corrected chi connectivity index (χ0v) is 16.4. The summed E-state index contributed by atoms with van der Waals surface area (Å²) in [5.74, 6) is 0.432. The average Bonchev–Trinajstić information content (AvgIpc) is 2.58. The predicted molar refractivity (Wildman–Crippen MR) is 107 cm³/mol. The molecule has 0 spiro atoms. The second kappa shape index (κ2) is 20.4. The molecule has 0 aliphatic rings. The quantitative estimate of drug-likeness (QED) is 0.210. The fraction of sp³-hybridized carbons (Fsp3) is 0.864. The number of nitrogens with two attached hydrogens (primary N) is 1. The van der Waals surface area contributed by atoms with Crippen molar-refractivity contribution < 1.29 is 4.79 Å². The lowest BCUT2D eigenvalue weighted by molar-refractivity contribution is -0.119. The van der Waals surface area contributed by atoms with E-state index in [2.05, 4.69) is 19.1 Å². The lowest BCUT2D eigenvalue weighted by Gasteiger charge is -2.01. The van der Waals surface area contributed by atoms with Gasteiger partial charge in [-0.2, -0.15) is 0 Å². The largest absolute Gasteiger partial charge is 0.330 e. The molecule has 0 aromatic carbocycles. The Morgan fingerprint density at radius 3 is 1.67 bits per heavy atom. The fourth-order valence-electron chi connectivity index (χ4n) is 2.98. The summed E-state index contributed by atoms with van der Waals surface area (Å²) < 4.78 is 0. The van der Waals surface area contributed by atoms with E-state index in [1.807, 2.05) is 0 Å². The van der Waals surface area contributed by atoms with Crippen molar-refractivity contribution in [1.29, 1.82) is 0 Å². The van der Waals surface area contributed by atoms with Gasteiger partial charge in [0.15, 0.2) is 0 Å². The molecule has 0 saturated carbocycles. The third-order valence-corrected chi connectivity index (χ3v) is 4.63. The molecule has 0 aliphatic heterocycles. The molecule has 0 heterocycles. The van der Waals surface area contributed by atoms with E-state index in [9.17, 15) is 4.79 Å². The van der Waals surface area contributed by atoms with Crippen molar-refractivity contribution in [2.24, 2.45) is 5.73 Å². The minimum atomic E-state index is 0.432. The number of hydrogen-bond donors (Lipinski definition) is 1. The third kappa shape index (κ3) is 19.4. The fourth-order valence-corrected chi connectivity index (χ4v) is 2.98. The summed E-state index contributed by atoms with van der Waals surface area (Å²) in [5, 5.41) is 0. The topological polar surface area (TPSA) is 43.1 Å². The molecule has 0 aliphatic carbocycles. The maximum absolute atomic E-state index is 11.6. The molecule has 0 bridgehead atoms. The van der Waals surface area contributed by atoms with Crippen LogP contribution in [-0.2, 0) is 4.79 Å². The van der Waals surface area contributed by atoms with E-state index in [0.717, 1.165) is 32.1 Å². The van der Waals surface area contributed by atoms with E-state index < -0.39 is 0 Å². The van der Waals surface area contributed by atoms with E-state index in [-0.39, 0.29) is 0 Å². The number of unbranched alkanes of at least 4 members (excludes halogenated alkanes) is 12. The Balaban J connectivity index is 3.16. The molecule has 142 valence electrons. The molecule has 0 unspecified atom stereocenters. The van der Waals surface area contributed by atoms with Crippen LogP contribution < -0.4 is 5.73 Å². The SMILES string of the molecule is CCCCCCCC/C=C\CCCCCCCC(=O)CCCCN. The monoisotopic (exact) mass is 337 g/mol. The number of carbonyl (C=O) groups excluding carboxylic acids is 1. The van der Waals surface area contributed by atoms with Gasteiger partial charge in [0.2, 0.25) is 0 Å². The summed E-state index contributed by atoms with van der Waals surface area (Å²) >= 11 is 0. The van der Waals surface area contributed by atoms with Crippen LogP contribution in [0.1, 0.15) is 116 Å². The Morgan fingerprint density at radius 1 is 0.667 bits per heavy atom. The molecule has 2 heteroatoms. The molecule has 0 saturated heterocycles. The lowest BCUT2D eigenvalue weighted by atomic mass is 10.0. The second-order valence-corrected chi connectivity index (χ2v) is 7.12. The van der Waals surface area contributed by atoms with Gasteiger partial charge in [-0.15, -0.1) is 0 Å². The number of Topliss-reactive ketones (excluding diaryl/α,β-unsaturated/α-hetero) is 1. The van der Waals surface area contributed by atoms with Crippen molar-refractivity contribution in [2.75, 3.05) is 6.54 Å². The summed E-state index contributed by atoms with van der Waals surface area (Å²) in [6, 6.07) is 0. The van der Waals surface area contributed by atoms with Crippen molar-refractivity contribution in [3.8, 4) is 0 Å². The van der Waals surface area contributed by atoms with Gasteiger partial charge in [0.1, 0.15) is 5.78 Å². The van der Waals surface area contributed by atoms with Gasteiger partial charge >= 0.3 is 0 Å². The van der Waals surface area contributed by atoms with Crippen LogP contribution >= 0.6 is 0 Å². The van der Waals surface area contributed by atoms with Crippen LogP contribution in [0.2, 0.25) is 0 Å². The first-order valence-electron chi connectivity index (χ1n) is 10.7. The maximum atomic E-state index is 11.6. The maximum Gasteiger partial charge on any atom is 0.132 e. The number of carbonyl (C=O) groups is 1. The van der Waals surface area contributed by atoms with Gasteiger partial charge in [0.05, 0.1) is 0 Å². The molecule has 0 atom stereocenters. The highest BCUT2D eigenvalue weighted by Gasteiger charge is 2.01. The van der Waals surface area contributed by atoms with Gasteiger partial charge < -0.3 is 5.73 Å². The molecule has 0 amide bonds. The van der Waals surface area contributed by atoms with Crippen LogP contribution in [0.5, 0.6) is 0 Å². The van der Waals surface area contributed by atoms with E-state index in [0.29, 0.717) is 12.3 Å². The first kappa shape index (κ1) is 23.4. The Morgan fingerprint density at radius 2 is 1.12 bits per heavy atom. The van der Waals surface area contributed by atoms with E-state index >= 15 is 0 Å². The van der Waals surface area contributed by atoms with E-state index in [1.54, 1.807) is 0 Å². The predicted octanol–water partition coefficient (Wildman–Crippen LogP) is 6.72. The van der Waals surface area contributed by atoms with Crippen LogP contribution in [0.25, 0.3) is 0 Å². The Hall–Kier alpha value is -0.630. The molecule has 2 nitrogen and oxygen atoms in total. The number of rotatable bonds is 19. The highest BCUT2D eigenvalue weighted by Crippen LogP contribution is 2.11. The van der Waals surface area contributed by atoms with Gasteiger partial charge in [-0.3, -0.25) is 4.79 Å². The van der Waals surface area contributed by atoms with Gasteiger partial charge in [0, 0.05) is 12.8 Å². The van der Waals surface area contributed by atoms with Crippen LogP contribution in [0.4, 0.5) is 0 Å². The second-order valence-electron chi connectivity index (χ2n) is 7.12. The van der Waals surface area contributed by atoms with E-state index in [4.69, 9.17) is 5.73 Å². The van der Waals surface area contributed by atoms with Crippen LogP contribution in [0, 0.1) is 0 Å². The van der Waals surface area contributed by atoms with Crippen molar-refractivity contribution in [3.63, 3.8) is 0 Å². The van der Waals surface area contributed by atoms with Crippen LogP contribution in [0.3, 0.4) is 0 Å². The summed E-state index contributed by atoms with van der Waals surface area (Å²) in [4.78, 5) is 11.6. The minimum Gasteiger partial charge on any atom is -0.330 e. The van der Waals surface area contributed by atoms with Gasteiger partial charge in [0.25, 0.3) is 0 Å². The van der Waals surface area contributed by atoms with Crippen LogP contribution in [0.15, 0.2) is 12.2 Å². The zero-order valence-electron chi connectivity index (χ0n) is 16.4. The normalized spacial score (nSPS) is 11.4. The average molecular weight is 338 g/mol. The molecule has 2 N–H and O–H groups in total. The molecular formula is C22H43NO. The highest BCUT2D eigenvalue weighted by molar-refractivity contribution is 5.78. The molecule has 0 aromatic rings. The standard InChI is InChI=1S/C22H43NO/c1-2-3-4-5-6-7-8-9-10-11-12-13-14-15-16-19-22(24)20-17-18-21-23/h9-10H,2-8,11-21,23H2,1H3/b10-9-. The van der Waals surface area contributed by atoms with Crippen molar-refractivity contribution in [3.05, 3.63) is 12.2 Å². The lowest BCUT2D eigenvalue weighted by Crippen LogP contribution is -2.02. The van der Waals surface area contributed by atoms with Gasteiger partial charge in [-0.25, -0.2) is 0 Å². The smallest absolute Gasteiger partial charge is 0.132 e. The van der Waals surface area contributed by atoms with Gasteiger partial charge in [-0.1, -0.05) is 70.4 Å². The first-order chi connectivity index (χ1) is 11.8. The summed E-state index contributed by atoms with van der Waals surface area (Å²) in [7, 11) is 0. The highest BCUT2D eigenvalue weighted by atomic mass is 16.1. The number of hydrogen-bond acceptors (Lipinski definition) is 2. The van der Waals surface area contributed by atoms with Crippen molar-refractivity contribution >= 4 is 5.78 Å². The number of ketones is 1.